The molecule has 0 aromatic heterocycles. The number of hydrogen-bond acceptors (Lipinski definition) is 2. The van der Waals surface area contributed by atoms with Crippen molar-refractivity contribution in [2.24, 2.45) is 0 Å². The highest BCUT2D eigenvalue weighted by Crippen LogP contribution is 2.33. The minimum absolute atomic E-state index is 0.295. The molecule has 0 fully saturated rings. The van der Waals surface area contributed by atoms with E-state index >= 15 is 0 Å². The molecular formula is C13H13F5O2. The van der Waals surface area contributed by atoms with Gasteiger partial charge >= 0.3 is 12.1 Å². The van der Waals surface area contributed by atoms with Crippen LogP contribution < -0.4 is 0 Å². The molecule has 1 rings (SSSR count). The molecule has 0 amide bonds. The Kier molecular flexibility index (Phi) is 4.41. The number of ether oxygens (including phenoxy) is 1. The summed E-state index contributed by atoms with van der Waals surface area (Å²) in [6, 6.07) is 0.773. The predicted octanol–water partition coefficient (Wildman–Crippen LogP) is 3.87. The van der Waals surface area contributed by atoms with Gasteiger partial charge in [0.15, 0.2) is 0 Å². The summed E-state index contributed by atoms with van der Waals surface area (Å²) >= 11 is 0. The zero-order valence-corrected chi connectivity index (χ0v) is 11.1. The molecule has 0 unspecified atom stereocenters. The number of benzene rings is 1. The van der Waals surface area contributed by atoms with E-state index in [0.29, 0.717) is 12.1 Å². The molecule has 0 saturated carbocycles. The highest BCUT2D eigenvalue weighted by atomic mass is 19.4. The van der Waals surface area contributed by atoms with Crippen LogP contribution in [0.15, 0.2) is 12.1 Å². The molecule has 0 saturated heterocycles. The Morgan fingerprint density at radius 3 is 2.15 bits per heavy atom. The fraction of sp³-hybridized carbons (Fsp3) is 0.462. The summed E-state index contributed by atoms with van der Waals surface area (Å²) in [5.41, 5.74) is -3.46. The molecule has 112 valence electrons. The molecule has 0 atom stereocenters. The van der Waals surface area contributed by atoms with Crippen LogP contribution in [0.1, 0.15) is 31.9 Å². The van der Waals surface area contributed by atoms with Gasteiger partial charge in [-0.15, -0.1) is 0 Å². The molecule has 0 heterocycles. The number of carbonyl (C=O) groups is 1. The van der Waals surface area contributed by atoms with Gasteiger partial charge in [0.2, 0.25) is 0 Å². The first-order chi connectivity index (χ1) is 8.92. The zero-order chi connectivity index (χ0) is 15.7. The van der Waals surface area contributed by atoms with Crippen LogP contribution in [0.2, 0.25) is 0 Å². The van der Waals surface area contributed by atoms with Crippen LogP contribution in [0.5, 0.6) is 0 Å². The summed E-state index contributed by atoms with van der Waals surface area (Å²) in [5.74, 6) is -4.01. The molecule has 0 radical (unpaired) electrons. The first kappa shape index (κ1) is 16.4. The lowest BCUT2D eigenvalue weighted by molar-refractivity contribution is -0.154. The summed E-state index contributed by atoms with van der Waals surface area (Å²) in [6.07, 6.45) is -5.86. The zero-order valence-electron chi connectivity index (χ0n) is 11.1. The van der Waals surface area contributed by atoms with Gasteiger partial charge in [-0.1, -0.05) is 0 Å². The summed E-state index contributed by atoms with van der Waals surface area (Å²) < 4.78 is 69.3. The Morgan fingerprint density at radius 1 is 1.15 bits per heavy atom. The second kappa shape index (κ2) is 5.38. The smallest absolute Gasteiger partial charge is 0.419 e. The third-order valence-corrected chi connectivity index (χ3v) is 2.23. The minimum Gasteiger partial charge on any atom is -0.460 e. The van der Waals surface area contributed by atoms with E-state index < -0.39 is 46.9 Å². The predicted molar refractivity (Wildman–Crippen MR) is 60.9 cm³/mol. The normalized spacial score (nSPS) is 12.4. The molecule has 7 heteroatoms. The van der Waals surface area contributed by atoms with Gasteiger partial charge in [-0.3, -0.25) is 4.79 Å². The molecule has 1 aromatic rings. The molecular weight excluding hydrogens is 283 g/mol. The first-order valence-electron chi connectivity index (χ1n) is 5.68. The molecule has 0 bridgehead atoms. The van der Waals surface area contributed by atoms with Crippen molar-refractivity contribution >= 4 is 5.97 Å². The Labute approximate surface area is 112 Å². The molecule has 0 spiro atoms. The highest BCUT2D eigenvalue weighted by Gasteiger charge is 2.36. The average Bonchev–Trinajstić information content (AvgIpc) is 2.19. The fourth-order valence-electron chi connectivity index (χ4n) is 1.50. The molecule has 0 N–H and O–H groups in total. The summed E-state index contributed by atoms with van der Waals surface area (Å²) in [7, 11) is 0. The first-order valence-corrected chi connectivity index (χ1v) is 5.68. The summed E-state index contributed by atoms with van der Waals surface area (Å²) in [4.78, 5) is 11.5. The number of carbonyl (C=O) groups excluding carboxylic acids is 1. The van der Waals surface area contributed by atoms with E-state index in [0.717, 1.165) is 0 Å². The van der Waals surface area contributed by atoms with Gasteiger partial charge in [0.05, 0.1) is 12.0 Å². The second-order valence-corrected chi connectivity index (χ2v) is 5.15. The van der Waals surface area contributed by atoms with Gasteiger partial charge in [-0.2, -0.15) is 13.2 Å². The SMILES string of the molecule is CC(C)(C)OC(=O)Cc1c(F)ccc(C(F)(F)F)c1F. The Morgan fingerprint density at radius 2 is 1.70 bits per heavy atom. The summed E-state index contributed by atoms with van der Waals surface area (Å²) in [5, 5.41) is 0. The lowest BCUT2D eigenvalue weighted by Crippen LogP contribution is -2.25. The van der Waals surface area contributed by atoms with E-state index in [2.05, 4.69) is 0 Å². The van der Waals surface area contributed by atoms with Gasteiger partial charge in [0.25, 0.3) is 0 Å². The lowest BCUT2D eigenvalue weighted by atomic mass is 10.1. The molecule has 0 aliphatic carbocycles. The lowest BCUT2D eigenvalue weighted by Gasteiger charge is -2.20. The monoisotopic (exact) mass is 296 g/mol. The van der Waals surface area contributed by atoms with Gasteiger partial charge in [-0.05, 0) is 32.9 Å². The van der Waals surface area contributed by atoms with Gasteiger partial charge in [0, 0.05) is 5.56 Å². The summed E-state index contributed by atoms with van der Waals surface area (Å²) in [6.45, 7) is 4.59. The molecule has 0 aliphatic heterocycles. The minimum atomic E-state index is -4.96. The Balaban J connectivity index is 3.10. The van der Waals surface area contributed by atoms with E-state index in [-0.39, 0.29) is 0 Å². The number of esters is 1. The van der Waals surface area contributed by atoms with Crippen molar-refractivity contribution in [3.63, 3.8) is 0 Å². The second-order valence-electron chi connectivity index (χ2n) is 5.15. The molecule has 1 aromatic carbocycles. The standard InChI is InChI=1S/C13H13F5O2/c1-12(2,3)20-10(19)6-7-9(14)5-4-8(11(7)15)13(16,17)18/h4-5H,6H2,1-3H3. The average molecular weight is 296 g/mol. The van der Waals surface area contributed by atoms with Crippen LogP contribution in [0.25, 0.3) is 0 Å². The van der Waals surface area contributed by atoms with Crippen molar-refractivity contribution in [3.8, 4) is 0 Å². The van der Waals surface area contributed by atoms with Crippen molar-refractivity contribution in [1.82, 2.24) is 0 Å². The molecule has 20 heavy (non-hydrogen) atoms. The van der Waals surface area contributed by atoms with E-state index in [1.54, 1.807) is 0 Å². The maximum Gasteiger partial charge on any atom is 0.419 e. The maximum absolute atomic E-state index is 13.7. The highest BCUT2D eigenvalue weighted by molar-refractivity contribution is 5.73. The van der Waals surface area contributed by atoms with Gasteiger partial charge < -0.3 is 4.74 Å². The number of halogens is 5. The van der Waals surface area contributed by atoms with E-state index in [1.807, 2.05) is 0 Å². The van der Waals surface area contributed by atoms with Crippen LogP contribution in [0.3, 0.4) is 0 Å². The molecule has 0 aliphatic rings. The Hall–Kier alpha value is -1.66. The van der Waals surface area contributed by atoms with Gasteiger partial charge in [-0.25, -0.2) is 8.78 Å². The van der Waals surface area contributed by atoms with Crippen LogP contribution in [-0.4, -0.2) is 11.6 Å². The van der Waals surface area contributed by atoms with E-state index in [4.69, 9.17) is 4.74 Å². The maximum atomic E-state index is 13.7. The van der Waals surface area contributed by atoms with Crippen LogP contribution >= 0.6 is 0 Å². The van der Waals surface area contributed by atoms with E-state index in [9.17, 15) is 26.7 Å². The Bertz CT molecular complexity index is 515. The number of alkyl halides is 3. The van der Waals surface area contributed by atoms with Gasteiger partial charge in [0.1, 0.15) is 17.2 Å². The third-order valence-electron chi connectivity index (χ3n) is 2.23. The van der Waals surface area contributed by atoms with Crippen LogP contribution in [0.4, 0.5) is 22.0 Å². The van der Waals surface area contributed by atoms with Crippen LogP contribution in [-0.2, 0) is 22.1 Å². The van der Waals surface area contributed by atoms with Crippen molar-refractivity contribution in [1.29, 1.82) is 0 Å². The van der Waals surface area contributed by atoms with Crippen molar-refractivity contribution in [2.75, 3.05) is 0 Å². The van der Waals surface area contributed by atoms with Crippen molar-refractivity contribution in [3.05, 3.63) is 34.9 Å². The third kappa shape index (κ3) is 4.18. The van der Waals surface area contributed by atoms with Crippen LogP contribution in [0, 0.1) is 11.6 Å². The number of rotatable bonds is 2. The molecule has 2 nitrogen and oxygen atoms in total. The fourth-order valence-corrected chi connectivity index (χ4v) is 1.50. The van der Waals surface area contributed by atoms with Crippen molar-refractivity contribution in [2.45, 2.75) is 39.0 Å². The largest absolute Gasteiger partial charge is 0.460 e. The van der Waals surface area contributed by atoms with Crippen molar-refractivity contribution < 1.29 is 31.5 Å². The quantitative estimate of drug-likeness (QED) is 0.612. The topological polar surface area (TPSA) is 26.3 Å². The number of hydrogen-bond donors (Lipinski definition) is 0. The van der Waals surface area contributed by atoms with E-state index in [1.165, 1.54) is 20.8 Å².